The Morgan fingerprint density at radius 1 is 1.35 bits per heavy atom. The zero-order valence-electron chi connectivity index (χ0n) is 10.7. The molecule has 1 aromatic rings. The first-order valence-corrected chi connectivity index (χ1v) is 6.46. The van der Waals surface area contributed by atoms with E-state index in [1.54, 1.807) is 0 Å². The highest BCUT2D eigenvalue weighted by Gasteiger charge is 2.24. The molecule has 3 nitrogen and oxygen atoms in total. The lowest BCUT2D eigenvalue weighted by Crippen LogP contribution is -2.39. The molecule has 0 spiro atoms. The standard InChI is InChI=1S/C14H23N3/c1-16-9-7-14(12-16)17(10-8-15)11-13-5-3-2-4-6-13/h2-6,14H,7-12,15H2,1H3. The van der Waals surface area contributed by atoms with Gasteiger partial charge in [-0.3, -0.25) is 4.90 Å². The van der Waals surface area contributed by atoms with Crippen molar-refractivity contribution in [3.63, 3.8) is 0 Å². The van der Waals surface area contributed by atoms with Gasteiger partial charge in [-0.25, -0.2) is 0 Å². The van der Waals surface area contributed by atoms with Crippen LogP contribution >= 0.6 is 0 Å². The Morgan fingerprint density at radius 3 is 2.71 bits per heavy atom. The molecular weight excluding hydrogens is 210 g/mol. The summed E-state index contributed by atoms with van der Waals surface area (Å²) in [5.41, 5.74) is 7.11. The van der Waals surface area contributed by atoms with E-state index >= 15 is 0 Å². The van der Waals surface area contributed by atoms with E-state index in [-0.39, 0.29) is 0 Å². The van der Waals surface area contributed by atoms with Crippen molar-refractivity contribution < 1.29 is 0 Å². The monoisotopic (exact) mass is 233 g/mol. The third-order valence-electron chi connectivity index (χ3n) is 3.53. The zero-order valence-corrected chi connectivity index (χ0v) is 10.7. The zero-order chi connectivity index (χ0) is 12.1. The summed E-state index contributed by atoms with van der Waals surface area (Å²) < 4.78 is 0. The maximum absolute atomic E-state index is 5.73. The summed E-state index contributed by atoms with van der Waals surface area (Å²) in [4.78, 5) is 4.93. The molecule has 1 aliphatic rings. The van der Waals surface area contributed by atoms with Gasteiger partial charge in [-0.15, -0.1) is 0 Å². The minimum absolute atomic E-state index is 0.670. The molecule has 1 aromatic carbocycles. The average molecular weight is 233 g/mol. The van der Waals surface area contributed by atoms with Gasteiger partial charge in [-0.1, -0.05) is 30.3 Å². The van der Waals surface area contributed by atoms with Gasteiger partial charge in [0.1, 0.15) is 0 Å². The largest absolute Gasteiger partial charge is 0.329 e. The molecule has 0 radical (unpaired) electrons. The predicted molar refractivity (Wildman–Crippen MR) is 71.8 cm³/mol. The lowest BCUT2D eigenvalue weighted by Gasteiger charge is -2.28. The number of nitrogens with two attached hydrogens (primary N) is 1. The molecule has 1 fully saturated rings. The maximum atomic E-state index is 5.73. The van der Waals surface area contributed by atoms with Crippen LogP contribution in [-0.4, -0.2) is 49.1 Å². The van der Waals surface area contributed by atoms with E-state index in [1.807, 2.05) is 0 Å². The van der Waals surface area contributed by atoms with E-state index in [1.165, 1.54) is 25.1 Å². The van der Waals surface area contributed by atoms with Crippen LogP contribution in [0.15, 0.2) is 30.3 Å². The van der Waals surface area contributed by atoms with Crippen LogP contribution in [0.4, 0.5) is 0 Å². The van der Waals surface area contributed by atoms with Gasteiger partial charge in [0.25, 0.3) is 0 Å². The smallest absolute Gasteiger partial charge is 0.0239 e. The lowest BCUT2D eigenvalue weighted by atomic mass is 10.1. The molecule has 2 N–H and O–H groups in total. The van der Waals surface area contributed by atoms with Gasteiger partial charge in [0.15, 0.2) is 0 Å². The molecule has 1 heterocycles. The SMILES string of the molecule is CN1CCC(N(CCN)Cc2ccccc2)C1. The summed E-state index contributed by atoms with van der Waals surface area (Å²) in [5.74, 6) is 0. The first-order chi connectivity index (χ1) is 8.29. The number of likely N-dealkylation sites (tertiary alicyclic amines) is 1. The van der Waals surface area contributed by atoms with Crippen LogP contribution in [0.5, 0.6) is 0 Å². The topological polar surface area (TPSA) is 32.5 Å². The van der Waals surface area contributed by atoms with Gasteiger partial charge >= 0.3 is 0 Å². The molecule has 0 aromatic heterocycles. The first-order valence-electron chi connectivity index (χ1n) is 6.46. The molecule has 0 saturated carbocycles. The van der Waals surface area contributed by atoms with Crippen LogP contribution in [0.3, 0.4) is 0 Å². The van der Waals surface area contributed by atoms with Gasteiger partial charge in [-0.2, -0.15) is 0 Å². The summed E-state index contributed by atoms with van der Waals surface area (Å²) in [6.07, 6.45) is 1.27. The Labute approximate surface area is 104 Å². The highest BCUT2D eigenvalue weighted by molar-refractivity contribution is 5.14. The predicted octanol–water partition coefficient (Wildman–Crippen LogP) is 1.15. The molecule has 1 unspecified atom stereocenters. The summed E-state index contributed by atoms with van der Waals surface area (Å²) in [6.45, 7) is 5.14. The molecule has 2 rings (SSSR count). The fourth-order valence-corrected chi connectivity index (χ4v) is 2.58. The van der Waals surface area contributed by atoms with E-state index in [2.05, 4.69) is 47.2 Å². The van der Waals surface area contributed by atoms with Gasteiger partial charge in [0, 0.05) is 32.2 Å². The number of benzene rings is 1. The summed E-state index contributed by atoms with van der Waals surface area (Å²) in [5, 5.41) is 0. The molecule has 0 bridgehead atoms. The van der Waals surface area contributed by atoms with Crippen molar-refractivity contribution in [2.75, 3.05) is 33.2 Å². The Morgan fingerprint density at radius 2 is 2.12 bits per heavy atom. The van der Waals surface area contributed by atoms with Crippen LogP contribution < -0.4 is 5.73 Å². The molecule has 17 heavy (non-hydrogen) atoms. The second-order valence-corrected chi connectivity index (χ2v) is 4.95. The molecule has 0 amide bonds. The molecule has 1 saturated heterocycles. The minimum atomic E-state index is 0.670. The highest BCUT2D eigenvalue weighted by Crippen LogP contribution is 2.16. The van der Waals surface area contributed by atoms with E-state index in [4.69, 9.17) is 5.73 Å². The number of likely N-dealkylation sites (N-methyl/N-ethyl adjacent to an activating group) is 1. The van der Waals surface area contributed by atoms with E-state index in [0.717, 1.165) is 19.6 Å². The van der Waals surface area contributed by atoms with Crippen LogP contribution in [-0.2, 0) is 6.54 Å². The molecule has 1 aliphatic heterocycles. The Balaban J connectivity index is 1.97. The fraction of sp³-hybridized carbons (Fsp3) is 0.571. The number of rotatable bonds is 5. The Kier molecular flexibility index (Phi) is 4.54. The van der Waals surface area contributed by atoms with Crippen molar-refractivity contribution in [2.24, 2.45) is 5.73 Å². The highest BCUT2D eigenvalue weighted by atomic mass is 15.2. The number of nitrogens with zero attached hydrogens (tertiary/aromatic N) is 2. The van der Waals surface area contributed by atoms with Crippen LogP contribution in [0.25, 0.3) is 0 Å². The van der Waals surface area contributed by atoms with E-state index in [0.29, 0.717) is 6.04 Å². The second-order valence-electron chi connectivity index (χ2n) is 4.95. The summed E-state index contributed by atoms with van der Waals surface area (Å²) >= 11 is 0. The third-order valence-corrected chi connectivity index (χ3v) is 3.53. The van der Waals surface area contributed by atoms with Crippen molar-refractivity contribution in [1.29, 1.82) is 0 Å². The van der Waals surface area contributed by atoms with Crippen molar-refractivity contribution in [2.45, 2.75) is 19.0 Å². The van der Waals surface area contributed by atoms with E-state index < -0.39 is 0 Å². The lowest BCUT2D eigenvalue weighted by molar-refractivity contribution is 0.194. The van der Waals surface area contributed by atoms with Gasteiger partial charge in [0.05, 0.1) is 0 Å². The normalized spacial score (nSPS) is 21.2. The van der Waals surface area contributed by atoms with Crippen LogP contribution in [0.2, 0.25) is 0 Å². The van der Waals surface area contributed by atoms with Gasteiger partial charge < -0.3 is 10.6 Å². The molecule has 3 heteroatoms. The Hall–Kier alpha value is -0.900. The molecule has 1 atom stereocenters. The van der Waals surface area contributed by atoms with Gasteiger partial charge in [0.2, 0.25) is 0 Å². The quantitative estimate of drug-likeness (QED) is 0.828. The number of hydrogen-bond donors (Lipinski definition) is 1. The van der Waals surface area contributed by atoms with Crippen molar-refractivity contribution >= 4 is 0 Å². The molecule has 0 aliphatic carbocycles. The maximum Gasteiger partial charge on any atom is 0.0239 e. The minimum Gasteiger partial charge on any atom is -0.329 e. The summed E-state index contributed by atoms with van der Waals surface area (Å²) in [6, 6.07) is 11.3. The molecule has 94 valence electrons. The molecular formula is C14H23N3. The van der Waals surface area contributed by atoms with Crippen molar-refractivity contribution in [3.8, 4) is 0 Å². The third kappa shape index (κ3) is 3.53. The summed E-state index contributed by atoms with van der Waals surface area (Å²) in [7, 11) is 2.20. The van der Waals surface area contributed by atoms with E-state index in [9.17, 15) is 0 Å². The first kappa shape index (κ1) is 12.6. The van der Waals surface area contributed by atoms with Crippen LogP contribution in [0.1, 0.15) is 12.0 Å². The number of hydrogen-bond acceptors (Lipinski definition) is 3. The van der Waals surface area contributed by atoms with Gasteiger partial charge in [-0.05, 0) is 25.6 Å². The average Bonchev–Trinajstić information content (AvgIpc) is 2.77. The van der Waals surface area contributed by atoms with Crippen molar-refractivity contribution in [1.82, 2.24) is 9.80 Å². The fourth-order valence-electron chi connectivity index (χ4n) is 2.58. The van der Waals surface area contributed by atoms with Crippen LogP contribution in [0, 0.1) is 0 Å². The Bertz CT molecular complexity index is 325. The van der Waals surface area contributed by atoms with Crippen molar-refractivity contribution in [3.05, 3.63) is 35.9 Å². The second kappa shape index (κ2) is 6.15.